The third-order valence-electron chi connectivity index (χ3n) is 3.59. The van der Waals surface area contributed by atoms with Crippen LogP contribution in [0.15, 0.2) is 0 Å². The van der Waals surface area contributed by atoms with Crippen molar-refractivity contribution in [3.05, 3.63) is 0 Å². The summed E-state index contributed by atoms with van der Waals surface area (Å²) in [5.41, 5.74) is 0. The van der Waals surface area contributed by atoms with E-state index in [1.54, 1.807) is 0 Å². The van der Waals surface area contributed by atoms with Crippen LogP contribution in [0.1, 0.15) is 38.5 Å². The molecule has 0 spiro atoms. The number of hydrogen-bond acceptors (Lipinski definition) is 2. The monoisotopic (exact) mass is 170 g/mol. The molecule has 4 atom stereocenters. The van der Waals surface area contributed by atoms with Crippen LogP contribution in [0.4, 0.5) is 0 Å². The Morgan fingerprint density at radius 2 is 1.75 bits per heavy atom. The fraction of sp³-hybridized carbons (Fsp3) is 1.00. The lowest BCUT2D eigenvalue weighted by Gasteiger charge is -2.40. The maximum absolute atomic E-state index is 9.71. The van der Waals surface area contributed by atoms with E-state index in [0.717, 1.165) is 25.7 Å². The van der Waals surface area contributed by atoms with Crippen molar-refractivity contribution >= 4 is 0 Å². The molecule has 0 saturated heterocycles. The molecule has 2 N–H and O–H groups in total. The quantitative estimate of drug-likeness (QED) is 0.575. The van der Waals surface area contributed by atoms with Gasteiger partial charge in [0.05, 0.1) is 12.2 Å². The first kappa shape index (κ1) is 8.52. The summed E-state index contributed by atoms with van der Waals surface area (Å²) in [6.45, 7) is 0. The predicted octanol–water partition coefficient (Wildman–Crippen LogP) is 1.31. The highest BCUT2D eigenvalue weighted by molar-refractivity contribution is 4.87. The molecule has 12 heavy (non-hydrogen) atoms. The van der Waals surface area contributed by atoms with E-state index in [1.165, 1.54) is 12.8 Å². The van der Waals surface area contributed by atoms with E-state index >= 15 is 0 Å². The molecule has 0 aliphatic heterocycles. The van der Waals surface area contributed by atoms with Crippen LogP contribution in [0.5, 0.6) is 0 Å². The summed E-state index contributed by atoms with van der Waals surface area (Å²) in [6, 6.07) is 0. The number of hydrogen-bond donors (Lipinski definition) is 2. The summed E-state index contributed by atoms with van der Waals surface area (Å²) >= 11 is 0. The summed E-state index contributed by atoms with van der Waals surface area (Å²) in [4.78, 5) is 0. The van der Waals surface area contributed by atoms with Gasteiger partial charge in [-0.15, -0.1) is 0 Å². The number of fused-ring (bicyclic) bond motifs is 1. The number of aliphatic hydroxyl groups is 2. The van der Waals surface area contributed by atoms with Gasteiger partial charge < -0.3 is 10.2 Å². The molecule has 0 aromatic rings. The maximum atomic E-state index is 9.71. The van der Waals surface area contributed by atoms with Crippen molar-refractivity contribution in [2.75, 3.05) is 0 Å². The largest absolute Gasteiger partial charge is 0.393 e. The van der Waals surface area contributed by atoms with Gasteiger partial charge in [0.2, 0.25) is 0 Å². The van der Waals surface area contributed by atoms with Gasteiger partial charge in [-0.25, -0.2) is 0 Å². The van der Waals surface area contributed by atoms with Gasteiger partial charge in [0.15, 0.2) is 0 Å². The van der Waals surface area contributed by atoms with Gasteiger partial charge in [0, 0.05) is 0 Å². The third kappa shape index (κ3) is 1.50. The zero-order valence-electron chi connectivity index (χ0n) is 7.45. The van der Waals surface area contributed by atoms with Gasteiger partial charge in [-0.1, -0.05) is 6.42 Å². The molecule has 2 saturated carbocycles. The van der Waals surface area contributed by atoms with Gasteiger partial charge in [-0.2, -0.15) is 0 Å². The molecule has 0 unspecified atom stereocenters. The van der Waals surface area contributed by atoms with Crippen LogP contribution in [0.3, 0.4) is 0 Å². The Morgan fingerprint density at radius 3 is 2.58 bits per heavy atom. The highest BCUT2D eigenvalue weighted by Crippen LogP contribution is 2.40. The Hall–Kier alpha value is -0.0800. The van der Waals surface area contributed by atoms with Crippen LogP contribution in [-0.2, 0) is 0 Å². The Kier molecular flexibility index (Phi) is 2.37. The second-order valence-electron chi connectivity index (χ2n) is 4.39. The summed E-state index contributed by atoms with van der Waals surface area (Å²) in [5.74, 6) is 1.11. The van der Waals surface area contributed by atoms with Crippen LogP contribution in [0.25, 0.3) is 0 Å². The minimum Gasteiger partial charge on any atom is -0.393 e. The topological polar surface area (TPSA) is 40.5 Å². The summed E-state index contributed by atoms with van der Waals surface area (Å²) in [7, 11) is 0. The summed E-state index contributed by atoms with van der Waals surface area (Å²) < 4.78 is 0. The molecule has 2 fully saturated rings. The predicted molar refractivity (Wildman–Crippen MR) is 46.7 cm³/mol. The zero-order chi connectivity index (χ0) is 8.55. The molecular formula is C10H18O2. The average molecular weight is 170 g/mol. The van der Waals surface area contributed by atoms with E-state index in [-0.39, 0.29) is 12.2 Å². The van der Waals surface area contributed by atoms with Crippen molar-refractivity contribution in [2.45, 2.75) is 50.7 Å². The van der Waals surface area contributed by atoms with Gasteiger partial charge in [0.25, 0.3) is 0 Å². The molecule has 0 bridgehead atoms. The zero-order valence-corrected chi connectivity index (χ0v) is 7.45. The van der Waals surface area contributed by atoms with Crippen LogP contribution in [0.2, 0.25) is 0 Å². The molecule has 0 heterocycles. The van der Waals surface area contributed by atoms with E-state index in [4.69, 9.17) is 0 Å². The minimum absolute atomic E-state index is 0.126. The van der Waals surface area contributed by atoms with Crippen LogP contribution in [0, 0.1) is 11.8 Å². The van der Waals surface area contributed by atoms with Gasteiger partial charge in [-0.3, -0.25) is 0 Å². The Morgan fingerprint density at radius 1 is 0.917 bits per heavy atom. The fourth-order valence-electron chi connectivity index (χ4n) is 2.88. The molecule has 2 nitrogen and oxygen atoms in total. The Labute approximate surface area is 73.6 Å². The van der Waals surface area contributed by atoms with E-state index in [9.17, 15) is 10.2 Å². The highest BCUT2D eigenvalue weighted by Gasteiger charge is 2.36. The second kappa shape index (κ2) is 3.35. The third-order valence-corrected chi connectivity index (χ3v) is 3.59. The smallest absolute Gasteiger partial charge is 0.0572 e. The molecule has 2 rings (SSSR count). The molecule has 2 aliphatic rings. The average Bonchev–Trinajstić information content (AvgIpc) is 2.07. The fourth-order valence-corrected chi connectivity index (χ4v) is 2.88. The number of aliphatic hydroxyl groups excluding tert-OH is 2. The minimum atomic E-state index is -0.140. The van der Waals surface area contributed by atoms with Crippen LogP contribution >= 0.6 is 0 Å². The van der Waals surface area contributed by atoms with E-state index in [2.05, 4.69) is 0 Å². The summed E-state index contributed by atoms with van der Waals surface area (Å²) in [6.07, 6.45) is 6.06. The lowest BCUT2D eigenvalue weighted by molar-refractivity contribution is -0.0301. The van der Waals surface area contributed by atoms with E-state index in [0.29, 0.717) is 11.8 Å². The van der Waals surface area contributed by atoms with Gasteiger partial charge in [0.1, 0.15) is 0 Å². The molecule has 70 valence electrons. The first-order valence-electron chi connectivity index (χ1n) is 5.13. The lowest BCUT2D eigenvalue weighted by atomic mass is 9.69. The van der Waals surface area contributed by atoms with Crippen molar-refractivity contribution in [1.29, 1.82) is 0 Å². The van der Waals surface area contributed by atoms with Gasteiger partial charge in [-0.05, 0) is 43.9 Å². The molecule has 0 radical (unpaired) electrons. The SMILES string of the molecule is O[C@@H]1CC[C@H]2CCC[C@@H](O)[C@H]2C1. The second-order valence-corrected chi connectivity index (χ2v) is 4.39. The van der Waals surface area contributed by atoms with Gasteiger partial charge >= 0.3 is 0 Å². The van der Waals surface area contributed by atoms with Crippen LogP contribution in [-0.4, -0.2) is 22.4 Å². The maximum Gasteiger partial charge on any atom is 0.0572 e. The van der Waals surface area contributed by atoms with Crippen molar-refractivity contribution in [2.24, 2.45) is 11.8 Å². The summed E-state index contributed by atoms with van der Waals surface area (Å²) in [5, 5.41) is 19.2. The van der Waals surface area contributed by atoms with Crippen molar-refractivity contribution < 1.29 is 10.2 Å². The first-order valence-corrected chi connectivity index (χ1v) is 5.13. The molecule has 0 aromatic carbocycles. The molecule has 0 amide bonds. The first-order chi connectivity index (χ1) is 5.77. The van der Waals surface area contributed by atoms with E-state index < -0.39 is 0 Å². The number of rotatable bonds is 0. The Bertz CT molecular complexity index is 158. The molecule has 2 aliphatic carbocycles. The van der Waals surface area contributed by atoms with Crippen molar-refractivity contribution in [1.82, 2.24) is 0 Å². The molecule has 2 heteroatoms. The molecular weight excluding hydrogens is 152 g/mol. The van der Waals surface area contributed by atoms with Crippen LogP contribution < -0.4 is 0 Å². The lowest BCUT2D eigenvalue weighted by Crippen LogP contribution is -2.38. The van der Waals surface area contributed by atoms with E-state index in [1.807, 2.05) is 0 Å². The standard InChI is InChI=1S/C10H18O2/c11-8-5-4-7-2-1-3-10(12)9(7)6-8/h7-12H,1-6H2/t7-,8-,9+,10-/m1/s1. The molecule has 0 aromatic heterocycles. The highest BCUT2D eigenvalue weighted by atomic mass is 16.3. The Balaban J connectivity index is 2.00. The van der Waals surface area contributed by atoms with Crippen molar-refractivity contribution in [3.8, 4) is 0 Å². The van der Waals surface area contributed by atoms with Crippen molar-refractivity contribution in [3.63, 3.8) is 0 Å². The normalized spacial score (nSPS) is 48.5.